The van der Waals surface area contributed by atoms with Crippen LogP contribution in [0.3, 0.4) is 0 Å². The zero-order chi connectivity index (χ0) is 22.3. The average molecular weight is 418 g/mol. The normalized spacial score (nSPS) is 10.8. The largest absolute Gasteiger partial charge is 0.493 e. The van der Waals surface area contributed by atoms with Crippen molar-refractivity contribution in [1.82, 2.24) is 0 Å². The van der Waals surface area contributed by atoms with Gasteiger partial charge in [-0.1, -0.05) is 48.5 Å². The van der Waals surface area contributed by atoms with Crippen LogP contribution >= 0.6 is 0 Å². The average Bonchev–Trinajstić information content (AvgIpc) is 2.78. The number of anilines is 2. The van der Waals surface area contributed by atoms with Gasteiger partial charge in [0.1, 0.15) is 0 Å². The molecule has 0 spiro atoms. The number of hydrogen-bond donors (Lipinski definition) is 2. The first-order valence-corrected chi connectivity index (χ1v) is 9.93. The van der Waals surface area contributed by atoms with Gasteiger partial charge in [-0.2, -0.15) is 0 Å². The summed E-state index contributed by atoms with van der Waals surface area (Å²) in [6.07, 6.45) is 0. The van der Waals surface area contributed by atoms with Crippen LogP contribution in [-0.4, -0.2) is 25.5 Å². The van der Waals surface area contributed by atoms with E-state index in [0.717, 1.165) is 5.56 Å². The molecule has 0 fully saturated rings. The van der Waals surface area contributed by atoms with Crippen LogP contribution in [0.25, 0.3) is 0 Å². The standard InChI is InChI=1S/C25H26N2O4/c1-25(2,18-10-5-4-6-11-18)24(29)27-20-13-9-12-19(16-20)26-23(28)17-31-22-15-8-7-14-21(22)30-3/h4-16H,17H2,1-3H3,(H,26,28)(H,27,29). The van der Waals surface area contributed by atoms with E-state index >= 15 is 0 Å². The second-order valence-electron chi connectivity index (χ2n) is 7.51. The molecule has 31 heavy (non-hydrogen) atoms. The van der Waals surface area contributed by atoms with Crippen molar-refractivity contribution in [2.24, 2.45) is 0 Å². The lowest BCUT2D eigenvalue weighted by Gasteiger charge is -2.24. The Morgan fingerprint density at radius 1 is 0.806 bits per heavy atom. The molecular weight excluding hydrogens is 392 g/mol. The lowest BCUT2D eigenvalue weighted by molar-refractivity contribution is -0.120. The molecule has 0 atom stereocenters. The maximum absolute atomic E-state index is 12.9. The summed E-state index contributed by atoms with van der Waals surface area (Å²) in [5, 5.41) is 5.71. The number of hydrogen-bond acceptors (Lipinski definition) is 4. The van der Waals surface area contributed by atoms with Gasteiger partial charge in [-0.15, -0.1) is 0 Å². The molecule has 0 aliphatic heterocycles. The molecule has 0 saturated heterocycles. The quantitative estimate of drug-likeness (QED) is 0.559. The number of para-hydroxylation sites is 2. The third kappa shape index (κ3) is 5.63. The van der Waals surface area contributed by atoms with Crippen molar-refractivity contribution in [3.8, 4) is 11.5 Å². The van der Waals surface area contributed by atoms with E-state index in [1.165, 1.54) is 0 Å². The Labute approximate surface area is 182 Å². The molecule has 2 N–H and O–H groups in total. The second-order valence-corrected chi connectivity index (χ2v) is 7.51. The molecule has 3 rings (SSSR count). The fourth-order valence-corrected chi connectivity index (χ4v) is 3.03. The van der Waals surface area contributed by atoms with Gasteiger partial charge in [-0.05, 0) is 49.7 Å². The van der Waals surface area contributed by atoms with Crippen LogP contribution < -0.4 is 20.1 Å². The van der Waals surface area contributed by atoms with E-state index in [9.17, 15) is 9.59 Å². The number of nitrogens with one attached hydrogen (secondary N) is 2. The van der Waals surface area contributed by atoms with Gasteiger partial charge >= 0.3 is 0 Å². The Kier molecular flexibility index (Phi) is 6.92. The van der Waals surface area contributed by atoms with E-state index in [-0.39, 0.29) is 18.4 Å². The summed E-state index contributed by atoms with van der Waals surface area (Å²) in [6.45, 7) is 3.58. The molecule has 0 radical (unpaired) electrons. The van der Waals surface area contributed by atoms with Crippen molar-refractivity contribution >= 4 is 23.2 Å². The minimum Gasteiger partial charge on any atom is -0.493 e. The van der Waals surface area contributed by atoms with E-state index < -0.39 is 5.41 Å². The van der Waals surface area contributed by atoms with Crippen molar-refractivity contribution in [1.29, 1.82) is 0 Å². The maximum Gasteiger partial charge on any atom is 0.262 e. The summed E-state index contributed by atoms with van der Waals surface area (Å²) in [5.41, 5.74) is 1.37. The first-order valence-electron chi connectivity index (χ1n) is 9.93. The van der Waals surface area contributed by atoms with Crippen LogP contribution in [0.15, 0.2) is 78.9 Å². The molecule has 0 aliphatic rings. The van der Waals surface area contributed by atoms with Gasteiger partial charge in [0, 0.05) is 11.4 Å². The molecule has 0 aliphatic carbocycles. The van der Waals surface area contributed by atoms with E-state index in [4.69, 9.17) is 9.47 Å². The lowest BCUT2D eigenvalue weighted by Crippen LogP contribution is -2.34. The Bertz CT molecular complexity index is 1050. The number of ether oxygens (including phenoxy) is 2. The molecule has 2 amide bonds. The number of rotatable bonds is 8. The zero-order valence-electron chi connectivity index (χ0n) is 17.8. The molecule has 0 saturated carbocycles. The number of carbonyl (C=O) groups is 2. The van der Waals surface area contributed by atoms with Gasteiger partial charge in [-0.3, -0.25) is 9.59 Å². The van der Waals surface area contributed by atoms with Gasteiger partial charge < -0.3 is 20.1 Å². The number of benzene rings is 3. The van der Waals surface area contributed by atoms with Gasteiger partial charge in [0.2, 0.25) is 5.91 Å². The van der Waals surface area contributed by atoms with E-state index in [2.05, 4.69) is 10.6 Å². The molecule has 0 aromatic heterocycles. The van der Waals surface area contributed by atoms with E-state index in [0.29, 0.717) is 22.9 Å². The summed E-state index contributed by atoms with van der Waals surface area (Å²) < 4.78 is 10.8. The summed E-state index contributed by atoms with van der Waals surface area (Å²) in [6, 6.07) is 23.7. The predicted molar refractivity (Wildman–Crippen MR) is 122 cm³/mol. The van der Waals surface area contributed by atoms with Crippen LogP contribution in [0.5, 0.6) is 11.5 Å². The first-order chi connectivity index (χ1) is 14.9. The summed E-state index contributed by atoms with van der Waals surface area (Å²) >= 11 is 0. The fourth-order valence-electron chi connectivity index (χ4n) is 3.03. The fraction of sp³-hybridized carbons (Fsp3) is 0.200. The summed E-state index contributed by atoms with van der Waals surface area (Å²) in [7, 11) is 1.54. The Hall–Kier alpha value is -3.80. The number of carbonyl (C=O) groups excluding carboxylic acids is 2. The first kappa shape index (κ1) is 21.9. The topological polar surface area (TPSA) is 76.7 Å². The van der Waals surface area contributed by atoms with Crippen molar-refractivity contribution < 1.29 is 19.1 Å². The minimum atomic E-state index is -0.705. The molecule has 6 heteroatoms. The van der Waals surface area contributed by atoms with Gasteiger partial charge in [-0.25, -0.2) is 0 Å². The molecule has 6 nitrogen and oxygen atoms in total. The van der Waals surface area contributed by atoms with Gasteiger partial charge in [0.15, 0.2) is 18.1 Å². The van der Waals surface area contributed by atoms with Crippen LogP contribution in [0.2, 0.25) is 0 Å². The van der Waals surface area contributed by atoms with Crippen LogP contribution in [0.1, 0.15) is 19.4 Å². The van der Waals surface area contributed by atoms with Crippen LogP contribution in [0, 0.1) is 0 Å². The molecule has 3 aromatic carbocycles. The molecule has 0 heterocycles. The highest BCUT2D eigenvalue weighted by molar-refractivity contribution is 5.99. The van der Waals surface area contributed by atoms with Crippen molar-refractivity contribution in [2.45, 2.75) is 19.3 Å². The molecule has 0 unspecified atom stereocenters. The predicted octanol–water partition coefficient (Wildman–Crippen LogP) is 4.63. The highest BCUT2D eigenvalue weighted by Crippen LogP contribution is 2.27. The molecular formula is C25H26N2O4. The van der Waals surface area contributed by atoms with Crippen molar-refractivity contribution in [2.75, 3.05) is 24.4 Å². The second kappa shape index (κ2) is 9.80. The third-order valence-corrected chi connectivity index (χ3v) is 4.90. The smallest absolute Gasteiger partial charge is 0.262 e. The molecule has 3 aromatic rings. The SMILES string of the molecule is COc1ccccc1OCC(=O)Nc1cccc(NC(=O)C(C)(C)c2ccccc2)c1. The summed E-state index contributed by atoms with van der Waals surface area (Å²) in [5.74, 6) is 0.589. The number of methoxy groups -OCH3 is 1. The Morgan fingerprint density at radius 2 is 1.42 bits per heavy atom. The third-order valence-electron chi connectivity index (χ3n) is 4.90. The minimum absolute atomic E-state index is 0.137. The van der Waals surface area contributed by atoms with E-state index in [1.54, 1.807) is 49.6 Å². The zero-order valence-corrected chi connectivity index (χ0v) is 17.8. The maximum atomic E-state index is 12.9. The van der Waals surface area contributed by atoms with Crippen molar-refractivity contribution in [3.63, 3.8) is 0 Å². The highest BCUT2D eigenvalue weighted by Gasteiger charge is 2.29. The Morgan fingerprint density at radius 3 is 2.10 bits per heavy atom. The van der Waals surface area contributed by atoms with Crippen LogP contribution in [0.4, 0.5) is 11.4 Å². The highest BCUT2D eigenvalue weighted by atomic mass is 16.5. The van der Waals surface area contributed by atoms with E-state index in [1.807, 2.05) is 50.2 Å². The molecule has 160 valence electrons. The number of amides is 2. The van der Waals surface area contributed by atoms with Gasteiger partial charge in [0.25, 0.3) is 5.91 Å². The van der Waals surface area contributed by atoms with Gasteiger partial charge in [0.05, 0.1) is 12.5 Å². The lowest BCUT2D eigenvalue weighted by atomic mass is 9.83. The Balaban J connectivity index is 1.61. The summed E-state index contributed by atoms with van der Waals surface area (Å²) in [4.78, 5) is 25.2. The monoisotopic (exact) mass is 418 g/mol. The van der Waals surface area contributed by atoms with Crippen LogP contribution in [-0.2, 0) is 15.0 Å². The molecule has 0 bridgehead atoms. The van der Waals surface area contributed by atoms with Crippen molar-refractivity contribution in [3.05, 3.63) is 84.4 Å².